The molecule has 2 rings (SSSR count). The Balaban J connectivity index is 0.00000288. The fourth-order valence-electron chi connectivity index (χ4n) is 3.20. The van der Waals surface area contributed by atoms with Gasteiger partial charge in [0.25, 0.3) is 0 Å². The molecule has 0 spiro atoms. The molecule has 0 aliphatic carbocycles. The minimum Gasteiger partial charge on any atom is -0.367 e. The van der Waals surface area contributed by atoms with Crippen LogP contribution in [0.3, 0.4) is 0 Å². The highest BCUT2D eigenvalue weighted by atomic mass is 35.5. The van der Waals surface area contributed by atoms with E-state index in [1.165, 1.54) is 0 Å². The van der Waals surface area contributed by atoms with Crippen molar-refractivity contribution in [3.05, 3.63) is 35.9 Å². The van der Waals surface area contributed by atoms with Crippen LogP contribution in [0.25, 0.3) is 0 Å². The summed E-state index contributed by atoms with van der Waals surface area (Å²) in [6.45, 7) is 5.78. The van der Waals surface area contributed by atoms with E-state index in [2.05, 4.69) is 17.6 Å². The largest absolute Gasteiger partial charge is 0.367 e. The lowest BCUT2D eigenvalue weighted by Gasteiger charge is -2.31. The smallest absolute Gasteiger partial charge is 0.247 e. The second-order valence-corrected chi connectivity index (χ2v) is 6.69. The topological polar surface area (TPSA) is 84.2 Å². The van der Waals surface area contributed by atoms with E-state index in [1.54, 1.807) is 19.1 Å². The Labute approximate surface area is 150 Å². The SMILES string of the molecule is CC(CC(=O)NC(C)(C(N)=O)c1ccccc1)C1CCCNC1.Cl. The highest BCUT2D eigenvalue weighted by Crippen LogP contribution is 2.24. The third-order valence-electron chi connectivity index (χ3n) is 4.88. The van der Waals surface area contributed by atoms with Gasteiger partial charge in [-0.15, -0.1) is 12.4 Å². The molecule has 3 unspecified atom stereocenters. The maximum atomic E-state index is 12.5. The summed E-state index contributed by atoms with van der Waals surface area (Å²) in [4.78, 5) is 24.4. The van der Waals surface area contributed by atoms with Crippen LogP contribution in [0.15, 0.2) is 30.3 Å². The second kappa shape index (κ2) is 9.04. The number of benzene rings is 1. The van der Waals surface area contributed by atoms with Crippen LogP contribution in [-0.2, 0) is 15.1 Å². The minimum absolute atomic E-state index is 0. The Hall–Kier alpha value is -1.59. The summed E-state index contributed by atoms with van der Waals surface area (Å²) in [7, 11) is 0. The molecule has 1 aromatic rings. The highest BCUT2D eigenvalue weighted by Gasteiger charge is 2.35. The van der Waals surface area contributed by atoms with Gasteiger partial charge in [0.15, 0.2) is 0 Å². The van der Waals surface area contributed by atoms with Gasteiger partial charge >= 0.3 is 0 Å². The van der Waals surface area contributed by atoms with Crippen molar-refractivity contribution in [3.63, 3.8) is 0 Å². The Morgan fingerprint density at radius 2 is 2.04 bits per heavy atom. The van der Waals surface area contributed by atoms with Crippen molar-refractivity contribution in [1.82, 2.24) is 10.6 Å². The van der Waals surface area contributed by atoms with Gasteiger partial charge in [-0.1, -0.05) is 37.3 Å². The molecule has 1 aliphatic rings. The van der Waals surface area contributed by atoms with E-state index < -0.39 is 11.4 Å². The Bertz CT molecular complexity index is 546. The molecule has 134 valence electrons. The first-order chi connectivity index (χ1) is 10.9. The number of rotatable bonds is 6. The number of carbonyl (C=O) groups is 2. The number of primary amides is 1. The summed E-state index contributed by atoms with van der Waals surface area (Å²) in [5.41, 5.74) is 5.09. The summed E-state index contributed by atoms with van der Waals surface area (Å²) in [5.74, 6) is 0.0963. The van der Waals surface area contributed by atoms with Gasteiger partial charge in [0.05, 0.1) is 0 Å². The zero-order valence-corrected chi connectivity index (χ0v) is 15.2. The number of hydrogen-bond donors (Lipinski definition) is 3. The minimum atomic E-state index is -1.18. The molecule has 2 amide bonds. The highest BCUT2D eigenvalue weighted by molar-refractivity contribution is 5.91. The van der Waals surface area contributed by atoms with Gasteiger partial charge in [-0.05, 0) is 50.3 Å². The van der Waals surface area contributed by atoms with Gasteiger partial charge in [-0.2, -0.15) is 0 Å². The molecule has 0 radical (unpaired) electrons. The quantitative estimate of drug-likeness (QED) is 0.730. The number of piperidine rings is 1. The van der Waals surface area contributed by atoms with Gasteiger partial charge in [0.2, 0.25) is 11.8 Å². The van der Waals surface area contributed by atoms with Crippen molar-refractivity contribution < 1.29 is 9.59 Å². The van der Waals surface area contributed by atoms with Crippen molar-refractivity contribution in [2.45, 2.75) is 38.6 Å². The van der Waals surface area contributed by atoms with Crippen LogP contribution < -0.4 is 16.4 Å². The summed E-state index contributed by atoms with van der Waals surface area (Å²) in [6, 6.07) is 9.14. The second-order valence-electron chi connectivity index (χ2n) is 6.69. The number of amides is 2. The maximum absolute atomic E-state index is 12.5. The van der Waals surface area contributed by atoms with Crippen LogP contribution in [0.1, 0.15) is 38.7 Å². The number of hydrogen-bond acceptors (Lipinski definition) is 3. The van der Waals surface area contributed by atoms with Crippen LogP contribution >= 0.6 is 12.4 Å². The van der Waals surface area contributed by atoms with E-state index in [9.17, 15) is 9.59 Å². The lowest BCUT2D eigenvalue weighted by molar-refractivity contribution is -0.132. The van der Waals surface area contributed by atoms with E-state index >= 15 is 0 Å². The normalized spacial score (nSPS) is 21.0. The molecule has 1 heterocycles. The molecule has 0 bridgehead atoms. The summed E-state index contributed by atoms with van der Waals surface area (Å²) in [6.07, 6.45) is 2.70. The molecule has 3 atom stereocenters. The van der Waals surface area contributed by atoms with Crippen LogP contribution in [-0.4, -0.2) is 24.9 Å². The fourth-order valence-corrected chi connectivity index (χ4v) is 3.20. The zero-order chi connectivity index (χ0) is 16.9. The maximum Gasteiger partial charge on any atom is 0.247 e. The molecule has 5 nitrogen and oxygen atoms in total. The Kier molecular flexibility index (Phi) is 7.70. The lowest BCUT2D eigenvalue weighted by atomic mass is 9.84. The summed E-state index contributed by atoms with van der Waals surface area (Å²) < 4.78 is 0. The average molecular weight is 354 g/mol. The molecule has 6 heteroatoms. The molecule has 24 heavy (non-hydrogen) atoms. The van der Waals surface area contributed by atoms with Crippen LogP contribution in [0.5, 0.6) is 0 Å². The molecule has 1 aliphatic heterocycles. The van der Waals surface area contributed by atoms with Crippen molar-refractivity contribution in [1.29, 1.82) is 0 Å². The summed E-state index contributed by atoms with van der Waals surface area (Å²) >= 11 is 0. The third-order valence-corrected chi connectivity index (χ3v) is 4.88. The van der Waals surface area contributed by atoms with Gasteiger partial charge < -0.3 is 16.4 Å². The lowest BCUT2D eigenvalue weighted by Crippen LogP contribution is -2.53. The zero-order valence-electron chi connectivity index (χ0n) is 14.4. The van der Waals surface area contributed by atoms with Crippen molar-refractivity contribution in [2.24, 2.45) is 17.6 Å². The van der Waals surface area contributed by atoms with Gasteiger partial charge in [-0.3, -0.25) is 9.59 Å². The molecule has 1 saturated heterocycles. The van der Waals surface area contributed by atoms with Crippen LogP contribution in [0.4, 0.5) is 0 Å². The number of nitrogens with two attached hydrogens (primary N) is 1. The monoisotopic (exact) mass is 353 g/mol. The predicted octanol–water partition coefficient (Wildman–Crippen LogP) is 1.95. The number of halogens is 1. The average Bonchev–Trinajstić information content (AvgIpc) is 2.56. The van der Waals surface area contributed by atoms with E-state index in [0.717, 1.165) is 25.9 Å². The number of nitrogens with one attached hydrogen (secondary N) is 2. The fraction of sp³-hybridized carbons (Fsp3) is 0.556. The summed E-state index contributed by atoms with van der Waals surface area (Å²) in [5, 5.41) is 6.22. The van der Waals surface area contributed by atoms with Crippen LogP contribution in [0, 0.1) is 11.8 Å². The van der Waals surface area contributed by atoms with Gasteiger partial charge in [-0.25, -0.2) is 0 Å². The molecule has 0 saturated carbocycles. The van der Waals surface area contributed by atoms with E-state index in [0.29, 0.717) is 17.9 Å². The van der Waals surface area contributed by atoms with E-state index in [-0.39, 0.29) is 24.2 Å². The van der Waals surface area contributed by atoms with Crippen LogP contribution in [0.2, 0.25) is 0 Å². The Morgan fingerprint density at radius 1 is 1.38 bits per heavy atom. The van der Waals surface area contributed by atoms with Crippen molar-refractivity contribution in [3.8, 4) is 0 Å². The molecule has 0 aromatic heterocycles. The van der Waals surface area contributed by atoms with Gasteiger partial charge in [0.1, 0.15) is 5.54 Å². The van der Waals surface area contributed by atoms with Crippen molar-refractivity contribution in [2.75, 3.05) is 13.1 Å². The third kappa shape index (κ3) is 4.95. The standard InChI is InChI=1S/C18H27N3O2.ClH/c1-13(14-7-6-10-20-12-14)11-16(22)21-18(2,17(19)23)15-8-4-3-5-9-15;/h3-5,8-9,13-14,20H,6-7,10-12H2,1-2H3,(H2,19,23)(H,21,22);1H. The number of carbonyl (C=O) groups excluding carboxylic acids is 2. The molecular weight excluding hydrogens is 326 g/mol. The molecular formula is C18H28ClN3O2. The van der Waals surface area contributed by atoms with E-state index in [4.69, 9.17) is 5.73 Å². The van der Waals surface area contributed by atoms with Gasteiger partial charge in [0, 0.05) is 6.42 Å². The predicted molar refractivity (Wildman–Crippen MR) is 97.8 cm³/mol. The first-order valence-electron chi connectivity index (χ1n) is 8.30. The van der Waals surface area contributed by atoms with Crippen molar-refractivity contribution >= 4 is 24.2 Å². The Morgan fingerprint density at radius 3 is 2.58 bits per heavy atom. The first-order valence-corrected chi connectivity index (χ1v) is 8.30. The molecule has 1 aromatic carbocycles. The van der Waals surface area contributed by atoms with E-state index in [1.807, 2.05) is 18.2 Å². The molecule has 1 fully saturated rings. The first kappa shape index (κ1) is 20.5. The molecule has 4 N–H and O–H groups in total.